The molecular formula is C21H23N3O4. The highest BCUT2D eigenvalue weighted by Crippen LogP contribution is 2.15. The van der Waals surface area contributed by atoms with E-state index < -0.39 is 5.69 Å². The number of unbranched alkanes of at least 4 members (excludes halogenated alkanes) is 2. The van der Waals surface area contributed by atoms with Crippen molar-refractivity contribution in [3.63, 3.8) is 0 Å². The molecule has 2 N–H and O–H groups in total. The molecule has 0 spiro atoms. The van der Waals surface area contributed by atoms with Gasteiger partial charge in [0.15, 0.2) is 0 Å². The number of ether oxygens (including phenoxy) is 1. The fourth-order valence-electron chi connectivity index (χ4n) is 3.03. The molecule has 0 atom stereocenters. The molecule has 3 aromatic rings. The Bertz CT molecular complexity index is 1070. The van der Waals surface area contributed by atoms with E-state index in [2.05, 4.69) is 10.3 Å². The third-order valence-corrected chi connectivity index (χ3v) is 4.55. The molecule has 1 heterocycles. The zero-order chi connectivity index (χ0) is 19.9. The Morgan fingerprint density at radius 1 is 1.04 bits per heavy atom. The summed E-state index contributed by atoms with van der Waals surface area (Å²) in [5, 5.41) is 3.34. The molecular weight excluding hydrogens is 358 g/mol. The second-order valence-electron chi connectivity index (χ2n) is 6.52. The maximum Gasteiger partial charge on any atom is 0.328 e. The maximum absolute atomic E-state index is 12.4. The number of amides is 1. The highest BCUT2D eigenvalue weighted by atomic mass is 16.5. The van der Waals surface area contributed by atoms with Crippen LogP contribution in [0.15, 0.2) is 58.1 Å². The van der Waals surface area contributed by atoms with Gasteiger partial charge >= 0.3 is 5.69 Å². The molecule has 0 saturated heterocycles. The molecule has 28 heavy (non-hydrogen) atoms. The van der Waals surface area contributed by atoms with Gasteiger partial charge < -0.3 is 15.0 Å². The van der Waals surface area contributed by atoms with Gasteiger partial charge in [-0.05, 0) is 49.2 Å². The number of hydrogen-bond acceptors (Lipinski definition) is 4. The Hall–Kier alpha value is -3.35. The van der Waals surface area contributed by atoms with Crippen molar-refractivity contribution in [1.82, 2.24) is 9.55 Å². The normalized spacial score (nSPS) is 10.8. The first-order valence-electron chi connectivity index (χ1n) is 9.24. The number of carbonyl (C=O) groups excluding carboxylic acids is 1. The van der Waals surface area contributed by atoms with E-state index in [1.165, 1.54) is 4.57 Å². The molecule has 0 aliphatic carbocycles. The van der Waals surface area contributed by atoms with Gasteiger partial charge in [0.2, 0.25) is 5.91 Å². The number of nitrogens with one attached hydrogen (secondary N) is 2. The first kappa shape index (κ1) is 19.4. The number of anilines is 1. The van der Waals surface area contributed by atoms with Crippen LogP contribution in [0.5, 0.6) is 5.75 Å². The number of carbonyl (C=O) groups is 1. The molecule has 0 radical (unpaired) electrons. The quantitative estimate of drug-likeness (QED) is 0.587. The summed E-state index contributed by atoms with van der Waals surface area (Å²) < 4.78 is 6.30. The van der Waals surface area contributed by atoms with Gasteiger partial charge in [0.05, 0.1) is 18.0 Å². The van der Waals surface area contributed by atoms with Gasteiger partial charge in [-0.15, -0.1) is 0 Å². The molecule has 2 aromatic carbocycles. The van der Waals surface area contributed by atoms with E-state index in [4.69, 9.17) is 4.74 Å². The van der Waals surface area contributed by atoms with E-state index in [1.807, 2.05) is 0 Å². The van der Waals surface area contributed by atoms with Crippen LogP contribution in [0.4, 0.5) is 5.69 Å². The van der Waals surface area contributed by atoms with E-state index in [0.29, 0.717) is 36.7 Å². The SMILES string of the molecule is COc1ccc(NC(=O)CCCCCn2c(=O)[nH]c3ccccc3c2=O)cc1. The molecule has 7 heteroatoms. The van der Waals surface area contributed by atoms with Crippen molar-refractivity contribution in [2.24, 2.45) is 0 Å². The van der Waals surface area contributed by atoms with Gasteiger partial charge in [-0.25, -0.2) is 4.79 Å². The third-order valence-electron chi connectivity index (χ3n) is 4.55. The standard InChI is InChI=1S/C21H23N3O4/c1-28-16-12-10-15(11-13-16)22-19(25)9-3-2-6-14-24-20(26)17-7-4-5-8-18(17)23-21(24)27/h4-5,7-8,10-13H,2-3,6,9,14H2,1H3,(H,22,25)(H,23,27). The minimum Gasteiger partial charge on any atom is -0.497 e. The Kier molecular flexibility index (Phi) is 6.26. The van der Waals surface area contributed by atoms with E-state index in [1.54, 1.807) is 55.6 Å². The Balaban J connectivity index is 1.47. The lowest BCUT2D eigenvalue weighted by molar-refractivity contribution is -0.116. The molecule has 7 nitrogen and oxygen atoms in total. The van der Waals surface area contributed by atoms with Crippen molar-refractivity contribution in [1.29, 1.82) is 0 Å². The summed E-state index contributed by atoms with van der Waals surface area (Å²) in [5.74, 6) is 0.669. The van der Waals surface area contributed by atoms with Crippen molar-refractivity contribution >= 4 is 22.5 Å². The number of methoxy groups -OCH3 is 1. The summed E-state index contributed by atoms with van der Waals surface area (Å²) in [4.78, 5) is 39.3. The van der Waals surface area contributed by atoms with Crippen LogP contribution in [0.3, 0.4) is 0 Å². The lowest BCUT2D eigenvalue weighted by atomic mass is 10.2. The van der Waals surface area contributed by atoms with Crippen molar-refractivity contribution < 1.29 is 9.53 Å². The fourth-order valence-corrected chi connectivity index (χ4v) is 3.03. The monoisotopic (exact) mass is 381 g/mol. The van der Waals surface area contributed by atoms with Crippen LogP contribution in [0, 0.1) is 0 Å². The van der Waals surface area contributed by atoms with Crippen LogP contribution in [0.2, 0.25) is 0 Å². The van der Waals surface area contributed by atoms with E-state index >= 15 is 0 Å². The van der Waals surface area contributed by atoms with E-state index in [-0.39, 0.29) is 11.5 Å². The van der Waals surface area contributed by atoms with E-state index in [9.17, 15) is 14.4 Å². The van der Waals surface area contributed by atoms with Gasteiger partial charge in [-0.2, -0.15) is 0 Å². The number of nitrogens with zero attached hydrogens (tertiary/aromatic N) is 1. The molecule has 3 rings (SSSR count). The Morgan fingerprint density at radius 3 is 2.54 bits per heavy atom. The second kappa shape index (κ2) is 9.03. The second-order valence-corrected chi connectivity index (χ2v) is 6.52. The lowest BCUT2D eigenvalue weighted by Crippen LogP contribution is -2.35. The molecule has 0 bridgehead atoms. The molecule has 1 aromatic heterocycles. The van der Waals surface area contributed by atoms with Crippen molar-refractivity contribution in [3.8, 4) is 5.75 Å². The summed E-state index contributed by atoms with van der Waals surface area (Å²) in [6, 6.07) is 14.1. The zero-order valence-electron chi connectivity index (χ0n) is 15.7. The van der Waals surface area contributed by atoms with E-state index in [0.717, 1.165) is 17.9 Å². The Morgan fingerprint density at radius 2 is 1.79 bits per heavy atom. The molecule has 0 fully saturated rings. The first-order valence-corrected chi connectivity index (χ1v) is 9.24. The maximum atomic E-state index is 12.4. The van der Waals surface area contributed by atoms with Gasteiger partial charge in [-0.1, -0.05) is 18.6 Å². The van der Waals surface area contributed by atoms with Crippen LogP contribution in [-0.2, 0) is 11.3 Å². The minimum atomic E-state index is -0.402. The number of benzene rings is 2. The summed E-state index contributed by atoms with van der Waals surface area (Å²) >= 11 is 0. The minimum absolute atomic E-state index is 0.0640. The predicted octanol–water partition coefficient (Wildman–Crippen LogP) is 2.90. The van der Waals surface area contributed by atoms with Crippen LogP contribution in [0.1, 0.15) is 25.7 Å². The first-order chi connectivity index (χ1) is 13.6. The number of aromatic nitrogens is 2. The summed E-state index contributed by atoms with van der Waals surface area (Å²) in [6.07, 6.45) is 2.46. The van der Waals surface area contributed by atoms with Crippen molar-refractivity contribution in [2.75, 3.05) is 12.4 Å². The topological polar surface area (TPSA) is 93.2 Å². The summed E-state index contributed by atoms with van der Waals surface area (Å²) in [5.41, 5.74) is 0.585. The highest BCUT2D eigenvalue weighted by Gasteiger charge is 2.07. The third kappa shape index (κ3) is 4.68. The predicted molar refractivity (Wildman–Crippen MR) is 109 cm³/mol. The largest absolute Gasteiger partial charge is 0.497 e. The van der Waals surface area contributed by atoms with Crippen molar-refractivity contribution in [2.45, 2.75) is 32.2 Å². The van der Waals surface area contributed by atoms with Crippen LogP contribution in [-0.4, -0.2) is 22.6 Å². The number of hydrogen-bond donors (Lipinski definition) is 2. The summed E-state index contributed by atoms with van der Waals surface area (Å²) in [7, 11) is 1.59. The molecule has 0 saturated carbocycles. The zero-order valence-corrected chi connectivity index (χ0v) is 15.7. The average Bonchev–Trinajstić information content (AvgIpc) is 2.70. The molecule has 0 aliphatic rings. The average molecular weight is 381 g/mol. The number of aromatic amines is 1. The van der Waals surface area contributed by atoms with Crippen LogP contribution >= 0.6 is 0 Å². The molecule has 0 unspecified atom stereocenters. The summed E-state index contributed by atoms with van der Waals surface area (Å²) in [6.45, 7) is 0.332. The number of H-pyrrole nitrogens is 1. The van der Waals surface area contributed by atoms with Gasteiger partial charge in [0.1, 0.15) is 5.75 Å². The number of rotatable bonds is 8. The number of fused-ring (bicyclic) bond motifs is 1. The van der Waals surface area contributed by atoms with Crippen LogP contribution < -0.4 is 21.3 Å². The van der Waals surface area contributed by atoms with Crippen molar-refractivity contribution in [3.05, 3.63) is 69.4 Å². The van der Waals surface area contributed by atoms with Gasteiger partial charge in [-0.3, -0.25) is 14.2 Å². The smallest absolute Gasteiger partial charge is 0.328 e. The molecule has 1 amide bonds. The number of para-hydroxylation sites is 1. The lowest BCUT2D eigenvalue weighted by Gasteiger charge is -2.07. The molecule has 146 valence electrons. The Labute approximate surface area is 162 Å². The highest BCUT2D eigenvalue weighted by molar-refractivity contribution is 5.90. The van der Waals surface area contributed by atoms with Gasteiger partial charge in [0, 0.05) is 18.7 Å². The van der Waals surface area contributed by atoms with Gasteiger partial charge in [0.25, 0.3) is 5.56 Å². The fraction of sp³-hybridized carbons (Fsp3) is 0.286. The van der Waals surface area contributed by atoms with Crippen LogP contribution in [0.25, 0.3) is 10.9 Å². The molecule has 0 aliphatic heterocycles.